The van der Waals surface area contributed by atoms with Gasteiger partial charge in [0.15, 0.2) is 6.29 Å². The molecule has 3 heterocycles. The fourth-order valence-corrected chi connectivity index (χ4v) is 3.55. The summed E-state index contributed by atoms with van der Waals surface area (Å²) in [6.45, 7) is 14.3. The van der Waals surface area contributed by atoms with Crippen LogP contribution in [0.15, 0.2) is 0 Å². The quantitative estimate of drug-likeness (QED) is 0.747. The van der Waals surface area contributed by atoms with E-state index in [0.717, 1.165) is 37.9 Å². The van der Waals surface area contributed by atoms with Gasteiger partial charge in [-0.25, -0.2) is 0 Å². The topological polar surface area (TPSA) is 85.9 Å². The second kappa shape index (κ2) is 12.7. The Bertz CT molecular complexity index is 609. The Morgan fingerprint density at radius 3 is 2.39 bits per heavy atom. The van der Waals surface area contributed by atoms with Crippen LogP contribution in [0, 0.1) is 6.92 Å². The molecule has 2 aliphatic heterocycles. The Balaban J connectivity index is 0.000000921. The maximum atomic E-state index is 12.9. The van der Waals surface area contributed by atoms with E-state index in [1.807, 2.05) is 27.7 Å². The number of hydrogen-bond donors (Lipinski definition) is 2. The summed E-state index contributed by atoms with van der Waals surface area (Å²) in [6, 6.07) is 0. The number of aryl methyl sites for hydroxylation is 1. The van der Waals surface area contributed by atoms with Gasteiger partial charge in [-0.3, -0.25) is 14.5 Å². The molecule has 28 heavy (non-hydrogen) atoms. The molecule has 1 amide bonds. The first-order chi connectivity index (χ1) is 13.6. The molecule has 2 aliphatic rings. The summed E-state index contributed by atoms with van der Waals surface area (Å²) in [4.78, 5) is 30.9. The molecule has 1 aromatic rings. The molecule has 160 valence electrons. The van der Waals surface area contributed by atoms with Crippen molar-refractivity contribution in [3.63, 3.8) is 0 Å². The summed E-state index contributed by atoms with van der Waals surface area (Å²) >= 11 is 0. The van der Waals surface area contributed by atoms with Crippen LogP contribution in [0.3, 0.4) is 0 Å². The van der Waals surface area contributed by atoms with Crippen molar-refractivity contribution in [1.82, 2.24) is 14.8 Å². The van der Waals surface area contributed by atoms with Crippen molar-refractivity contribution in [3.8, 4) is 0 Å². The van der Waals surface area contributed by atoms with E-state index >= 15 is 0 Å². The average molecular weight is 396 g/mol. The number of nitrogens with one attached hydrogen (secondary N) is 1. The number of aromatic nitrogens is 1. The molecule has 1 unspecified atom stereocenters. The molecule has 2 N–H and O–H groups in total. The number of nitrogens with zero attached hydrogens (tertiary/aromatic N) is 2. The zero-order valence-corrected chi connectivity index (χ0v) is 18.1. The number of β-amino-alcohol motifs (C(OH)–C–C–N with tert-alkyl or cyclic N) is 1. The molecule has 3 rings (SSSR count). The van der Waals surface area contributed by atoms with Crippen LogP contribution in [-0.4, -0.2) is 84.1 Å². The molecule has 7 nitrogen and oxygen atoms in total. The molecular weight excluding hydrogens is 358 g/mol. The van der Waals surface area contributed by atoms with Crippen molar-refractivity contribution in [1.29, 1.82) is 0 Å². The number of aliphatic hydroxyl groups is 1. The molecule has 0 saturated carbocycles. The smallest absolute Gasteiger partial charge is 0.256 e. The van der Waals surface area contributed by atoms with Gasteiger partial charge in [-0.05, 0) is 25.3 Å². The Hall–Kier alpha value is -1.70. The average Bonchev–Trinajstić information content (AvgIpc) is 2.97. The van der Waals surface area contributed by atoms with Crippen LogP contribution >= 0.6 is 0 Å². The molecule has 1 atom stereocenters. The summed E-state index contributed by atoms with van der Waals surface area (Å²) in [7, 11) is 0. The number of fused-ring (bicyclic) bond motifs is 1. The summed E-state index contributed by atoms with van der Waals surface area (Å²) in [5.41, 5.74) is 2.63. The van der Waals surface area contributed by atoms with Crippen LogP contribution in [0.1, 0.15) is 66.2 Å². The third kappa shape index (κ3) is 6.15. The van der Waals surface area contributed by atoms with Gasteiger partial charge in [-0.2, -0.15) is 0 Å². The number of aldehydes is 1. The number of amides is 1. The lowest BCUT2D eigenvalue weighted by Crippen LogP contribution is -2.46. The SMILES string of the molecule is CC.CC.Cc1c(C=O)[nH]c2c1C(=O)N(CC(O)CN1CCOCC1)CCC2. The standard InChI is InChI=1S/C17H25N3O4.2C2H6/c1-12-15(11-21)18-14-3-2-4-20(17(23)16(12)14)10-13(22)9-19-5-7-24-8-6-19;2*1-2/h11,13,18,22H,2-10H2,1H3;2*1-2H3. The molecule has 0 bridgehead atoms. The fourth-order valence-electron chi connectivity index (χ4n) is 3.55. The maximum Gasteiger partial charge on any atom is 0.256 e. The highest BCUT2D eigenvalue weighted by molar-refractivity contribution is 5.99. The Morgan fingerprint density at radius 1 is 1.14 bits per heavy atom. The summed E-state index contributed by atoms with van der Waals surface area (Å²) in [5.74, 6) is -0.0922. The van der Waals surface area contributed by atoms with Crippen molar-refractivity contribution >= 4 is 12.2 Å². The summed E-state index contributed by atoms with van der Waals surface area (Å²) in [6.07, 6.45) is 1.74. The number of morpholine rings is 1. The molecule has 1 fully saturated rings. The van der Waals surface area contributed by atoms with Crippen LogP contribution < -0.4 is 0 Å². The van der Waals surface area contributed by atoms with Crippen LogP contribution in [0.2, 0.25) is 0 Å². The Kier molecular flexibility index (Phi) is 11.0. The first-order valence-electron chi connectivity index (χ1n) is 10.5. The number of aliphatic hydroxyl groups excluding tert-OH is 1. The van der Waals surface area contributed by atoms with Crippen molar-refractivity contribution in [2.75, 3.05) is 45.9 Å². The van der Waals surface area contributed by atoms with Gasteiger partial charge >= 0.3 is 0 Å². The first kappa shape index (κ1) is 24.3. The van der Waals surface area contributed by atoms with E-state index in [4.69, 9.17) is 4.74 Å². The van der Waals surface area contributed by atoms with E-state index in [2.05, 4.69) is 9.88 Å². The zero-order chi connectivity index (χ0) is 21.1. The van der Waals surface area contributed by atoms with Crippen LogP contribution in [0.4, 0.5) is 0 Å². The van der Waals surface area contributed by atoms with Crippen LogP contribution in [-0.2, 0) is 11.2 Å². The highest BCUT2D eigenvalue weighted by Gasteiger charge is 2.29. The van der Waals surface area contributed by atoms with Crippen LogP contribution in [0.25, 0.3) is 0 Å². The number of H-pyrrole nitrogens is 1. The lowest BCUT2D eigenvalue weighted by molar-refractivity contribution is 0.00720. The number of ether oxygens (including phenoxy) is 1. The largest absolute Gasteiger partial charge is 0.390 e. The van der Waals surface area contributed by atoms with E-state index in [1.54, 1.807) is 11.8 Å². The van der Waals surface area contributed by atoms with E-state index < -0.39 is 6.10 Å². The molecule has 0 aromatic carbocycles. The van der Waals surface area contributed by atoms with E-state index in [9.17, 15) is 14.7 Å². The van der Waals surface area contributed by atoms with Gasteiger partial charge in [0.2, 0.25) is 0 Å². The summed E-state index contributed by atoms with van der Waals surface area (Å²) in [5, 5.41) is 10.4. The predicted molar refractivity (Wildman–Crippen MR) is 111 cm³/mol. The molecule has 0 aliphatic carbocycles. The highest BCUT2D eigenvalue weighted by atomic mass is 16.5. The zero-order valence-electron chi connectivity index (χ0n) is 18.1. The van der Waals surface area contributed by atoms with Gasteiger partial charge < -0.3 is 19.7 Å². The highest BCUT2D eigenvalue weighted by Crippen LogP contribution is 2.24. The van der Waals surface area contributed by atoms with Crippen molar-refractivity contribution < 1.29 is 19.4 Å². The molecule has 7 heteroatoms. The lowest BCUT2D eigenvalue weighted by Gasteiger charge is -2.31. The Labute approximate surface area is 169 Å². The third-order valence-electron chi connectivity index (χ3n) is 4.84. The van der Waals surface area contributed by atoms with Gasteiger partial charge in [-0.1, -0.05) is 27.7 Å². The van der Waals surface area contributed by atoms with Gasteiger partial charge in [0.1, 0.15) is 0 Å². The number of hydrogen-bond acceptors (Lipinski definition) is 5. The predicted octanol–water partition coefficient (Wildman–Crippen LogP) is 2.27. The first-order valence-corrected chi connectivity index (χ1v) is 10.5. The second-order valence-corrected chi connectivity index (χ2v) is 6.56. The molecule has 1 aromatic heterocycles. The van der Waals surface area contributed by atoms with Crippen molar-refractivity contribution in [2.24, 2.45) is 0 Å². The van der Waals surface area contributed by atoms with E-state index in [1.165, 1.54) is 0 Å². The monoisotopic (exact) mass is 395 g/mol. The van der Waals surface area contributed by atoms with Gasteiger partial charge in [0, 0.05) is 38.4 Å². The van der Waals surface area contributed by atoms with E-state index in [0.29, 0.717) is 49.7 Å². The molecule has 1 saturated heterocycles. The molecule has 0 spiro atoms. The van der Waals surface area contributed by atoms with Gasteiger partial charge in [-0.15, -0.1) is 0 Å². The minimum Gasteiger partial charge on any atom is -0.390 e. The van der Waals surface area contributed by atoms with E-state index in [-0.39, 0.29) is 5.91 Å². The normalized spacial score (nSPS) is 18.1. The number of aromatic amines is 1. The van der Waals surface area contributed by atoms with Crippen LogP contribution in [0.5, 0.6) is 0 Å². The Morgan fingerprint density at radius 2 is 1.79 bits per heavy atom. The number of carbonyl (C=O) groups excluding carboxylic acids is 2. The van der Waals surface area contributed by atoms with Gasteiger partial charge in [0.25, 0.3) is 5.91 Å². The fraction of sp³-hybridized carbons (Fsp3) is 0.714. The number of rotatable bonds is 5. The van der Waals surface area contributed by atoms with Crippen molar-refractivity contribution in [2.45, 2.75) is 53.6 Å². The van der Waals surface area contributed by atoms with Gasteiger partial charge in [0.05, 0.1) is 30.6 Å². The maximum absolute atomic E-state index is 12.9. The van der Waals surface area contributed by atoms with Crippen molar-refractivity contribution in [3.05, 3.63) is 22.5 Å². The minimum absolute atomic E-state index is 0.0922. The second-order valence-electron chi connectivity index (χ2n) is 6.56. The molecule has 0 radical (unpaired) electrons. The third-order valence-corrected chi connectivity index (χ3v) is 4.84. The lowest BCUT2D eigenvalue weighted by atomic mass is 10.1. The summed E-state index contributed by atoms with van der Waals surface area (Å²) < 4.78 is 5.31. The number of carbonyl (C=O) groups is 2. The molecular formula is C21H37N3O4. The minimum atomic E-state index is -0.585.